The van der Waals surface area contributed by atoms with Gasteiger partial charge in [-0.05, 0) is 14.0 Å². The molecule has 1 aromatic carbocycles. The van der Waals surface area contributed by atoms with Crippen LogP contribution in [0.25, 0.3) is 11.3 Å². The highest BCUT2D eigenvalue weighted by atomic mass is 32.1. The predicted octanol–water partition coefficient (Wildman–Crippen LogP) is 3.66. The molecule has 5 heteroatoms. The van der Waals surface area contributed by atoms with Gasteiger partial charge < -0.3 is 0 Å². The van der Waals surface area contributed by atoms with Gasteiger partial charge in [0.1, 0.15) is 5.01 Å². The summed E-state index contributed by atoms with van der Waals surface area (Å²) >= 11 is 1.72. The fourth-order valence-corrected chi connectivity index (χ4v) is 3.25. The molecule has 0 radical (unpaired) electrons. The second-order valence-electron chi connectivity index (χ2n) is 5.66. The van der Waals surface area contributed by atoms with Crippen molar-refractivity contribution in [2.45, 2.75) is 25.9 Å². The van der Waals surface area contributed by atoms with Crippen LogP contribution in [0.3, 0.4) is 0 Å². The highest BCUT2D eigenvalue weighted by Crippen LogP contribution is 2.22. The molecular weight excluding hydrogens is 304 g/mol. The third-order valence-corrected chi connectivity index (χ3v) is 4.71. The molecule has 0 bridgehead atoms. The fourth-order valence-electron chi connectivity index (χ4n) is 2.39. The predicted molar refractivity (Wildman–Crippen MR) is 94.2 cm³/mol. The molecule has 0 fully saturated rings. The van der Waals surface area contributed by atoms with Crippen molar-refractivity contribution >= 4 is 11.3 Å². The zero-order valence-corrected chi connectivity index (χ0v) is 14.2. The molecule has 0 saturated carbocycles. The zero-order chi connectivity index (χ0) is 16.1. The van der Waals surface area contributed by atoms with Gasteiger partial charge in [0.05, 0.1) is 17.9 Å². The first kappa shape index (κ1) is 15.8. The van der Waals surface area contributed by atoms with E-state index in [1.54, 1.807) is 23.7 Å². The summed E-state index contributed by atoms with van der Waals surface area (Å²) in [6.45, 7) is 3.05. The summed E-state index contributed by atoms with van der Waals surface area (Å²) in [6.07, 6.45) is 6.18. The molecule has 3 aromatic rings. The first-order valence-corrected chi connectivity index (χ1v) is 8.55. The number of thiazole rings is 1. The summed E-state index contributed by atoms with van der Waals surface area (Å²) < 4.78 is 0. The molecule has 0 aliphatic heterocycles. The minimum atomic E-state index is 0.385. The number of likely N-dealkylation sites (N-methyl/N-ethyl adjacent to an activating group) is 1. The molecule has 2 aromatic heterocycles. The van der Waals surface area contributed by atoms with Crippen LogP contribution < -0.4 is 0 Å². The molecule has 23 heavy (non-hydrogen) atoms. The van der Waals surface area contributed by atoms with E-state index < -0.39 is 0 Å². The first-order chi connectivity index (χ1) is 11.2. The lowest BCUT2D eigenvalue weighted by atomic mass is 10.1. The van der Waals surface area contributed by atoms with Crippen LogP contribution in [0.5, 0.6) is 0 Å². The van der Waals surface area contributed by atoms with E-state index in [2.05, 4.69) is 46.4 Å². The summed E-state index contributed by atoms with van der Waals surface area (Å²) in [5.74, 6) is 0. The van der Waals surface area contributed by atoms with Crippen molar-refractivity contribution in [2.24, 2.45) is 0 Å². The Morgan fingerprint density at radius 2 is 2.00 bits per heavy atom. The van der Waals surface area contributed by atoms with E-state index in [0.717, 1.165) is 29.4 Å². The Kier molecular flexibility index (Phi) is 5.10. The molecule has 2 heterocycles. The Morgan fingerprint density at radius 1 is 1.17 bits per heavy atom. The molecule has 0 aliphatic rings. The standard InChI is InChI=1S/C18H20N4S/c1-14(10-16-11-19-8-9-20-16)22(2)12-18-21-17(13-23-18)15-6-4-3-5-7-15/h3-9,11,13-14H,10,12H2,1-2H3. The largest absolute Gasteiger partial charge is 0.297 e. The third-order valence-electron chi connectivity index (χ3n) is 3.88. The van der Waals surface area contributed by atoms with Gasteiger partial charge in [0.25, 0.3) is 0 Å². The second kappa shape index (κ2) is 7.44. The molecular formula is C18H20N4S. The Labute approximate surface area is 140 Å². The molecule has 0 N–H and O–H groups in total. The molecule has 0 amide bonds. The van der Waals surface area contributed by atoms with Crippen molar-refractivity contribution in [3.05, 3.63) is 65.0 Å². The van der Waals surface area contributed by atoms with E-state index in [0.29, 0.717) is 6.04 Å². The zero-order valence-electron chi connectivity index (χ0n) is 13.4. The number of rotatable bonds is 6. The van der Waals surface area contributed by atoms with Crippen molar-refractivity contribution in [3.63, 3.8) is 0 Å². The SMILES string of the molecule is CC(Cc1cnccn1)N(C)Cc1nc(-c2ccccc2)cs1. The maximum Gasteiger partial charge on any atom is 0.107 e. The summed E-state index contributed by atoms with van der Waals surface area (Å²) in [7, 11) is 2.13. The lowest BCUT2D eigenvalue weighted by Gasteiger charge is -2.23. The van der Waals surface area contributed by atoms with Crippen LogP contribution in [-0.2, 0) is 13.0 Å². The molecule has 0 spiro atoms. The highest BCUT2D eigenvalue weighted by molar-refractivity contribution is 7.09. The average Bonchev–Trinajstić information content (AvgIpc) is 3.05. The maximum atomic E-state index is 4.76. The summed E-state index contributed by atoms with van der Waals surface area (Å²) in [4.78, 5) is 15.5. The Hall–Kier alpha value is -2.11. The van der Waals surface area contributed by atoms with Gasteiger partial charge in [-0.2, -0.15) is 0 Å². The highest BCUT2D eigenvalue weighted by Gasteiger charge is 2.13. The van der Waals surface area contributed by atoms with Gasteiger partial charge in [0.2, 0.25) is 0 Å². The van der Waals surface area contributed by atoms with E-state index in [9.17, 15) is 0 Å². The van der Waals surface area contributed by atoms with Gasteiger partial charge in [-0.1, -0.05) is 30.3 Å². The van der Waals surface area contributed by atoms with E-state index >= 15 is 0 Å². The fraction of sp³-hybridized carbons (Fsp3) is 0.278. The van der Waals surface area contributed by atoms with Crippen LogP contribution in [0.2, 0.25) is 0 Å². The number of aromatic nitrogens is 3. The number of hydrogen-bond donors (Lipinski definition) is 0. The lowest BCUT2D eigenvalue weighted by Crippen LogP contribution is -2.30. The molecule has 3 rings (SSSR count). The number of nitrogens with zero attached hydrogens (tertiary/aromatic N) is 4. The van der Waals surface area contributed by atoms with Crippen LogP contribution in [0.15, 0.2) is 54.3 Å². The molecule has 1 atom stereocenters. The van der Waals surface area contributed by atoms with Crippen LogP contribution in [-0.4, -0.2) is 32.9 Å². The van der Waals surface area contributed by atoms with Gasteiger partial charge in [0.15, 0.2) is 0 Å². The molecule has 0 aliphatic carbocycles. The van der Waals surface area contributed by atoms with Gasteiger partial charge in [-0.25, -0.2) is 4.98 Å². The Balaban J connectivity index is 1.62. The summed E-state index contributed by atoms with van der Waals surface area (Å²) in [5.41, 5.74) is 3.25. The van der Waals surface area contributed by atoms with Crippen molar-refractivity contribution in [1.82, 2.24) is 19.9 Å². The third kappa shape index (κ3) is 4.21. The van der Waals surface area contributed by atoms with Gasteiger partial charge in [-0.3, -0.25) is 14.9 Å². The molecule has 0 saturated heterocycles. The quantitative estimate of drug-likeness (QED) is 0.694. The average molecular weight is 324 g/mol. The lowest BCUT2D eigenvalue weighted by molar-refractivity contribution is 0.246. The van der Waals surface area contributed by atoms with E-state index in [1.165, 1.54) is 5.56 Å². The van der Waals surface area contributed by atoms with Crippen molar-refractivity contribution in [3.8, 4) is 11.3 Å². The van der Waals surface area contributed by atoms with Gasteiger partial charge in [0, 0.05) is 42.0 Å². The van der Waals surface area contributed by atoms with E-state index in [-0.39, 0.29) is 0 Å². The molecule has 4 nitrogen and oxygen atoms in total. The van der Waals surface area contributed by atoms with Crippen molar-refractivity contribution in [2.75, 3.05) is 7.05 Å². The van der Waals surface area contributed by atoms with Crippen molar-refractivity contribution < 1.29 is 0 Å². The Bertz CT molecular complexity index is 727. The molecule has 1 unspecified atom stereocenters. The summed E-state index contributed by atoms with van der Waals surface area (Å²) in [5, 5.41) is 3.27. The summed E-state index contributed by atoms with van der Waals surface area (Å²) in [6, 6.07) is 10.7. The topological polar surface area (TPSA) is 41.9 Å². The smallest absolute Gasteiger partial charge is 0.107 e. The monoisotopic (exact) mass is 324 g/mol. The molecule has 118 valence electrons. The van der Waals surface area contributed by atoms with E-state index in [4.69, 9.17) is 4.98 Å². The van der Waals surface area contributed by atoms with Crippen molar-refractivity contribution in [1.29, 1.82) is 0 Å². The normalized spacial score (nSPS) is 12.5. The Morgan fingerprint density at radius 3 is 2.74 bits per heavy atom. The number of benzene rings is 1. The van der Waals surface area contributed by atoms with Crippen LogP contribution in [0, 0.1) is 0 Å². The first-order valence-electron chi connectivity index (χ1n) is 7.67. The van der Waals surface area contributed by atoms with Crippen LogP contribution in [0.4, 0.5) is 0 Å². The minimum Gasteiger partial charge on any atom is -0.297 e. The van der Waals surface area contributed by atoms with Gasteiger partial charge >= 0.3 is 0 Å². The number of hydrogen-bond acceptors (Lipinski definition) is 5. The van der Waals surface area contributed by atoms with Crippen LogP contribution >= 0.6 is 11.3 Å². The van der Waals surface area contributed by atoms with E-state index in [1.807, 2.05) is 24.4 Å². The maximum absolute atomic E-state index is 4.76. The van der Waals surface area contributed by atoms with Gasteiger partial charge in [-0.15, -0.1) is 11.3 Å². The minimum absolute atomic E-state index is 0.385. The van der Waals surface area contributed by atoms with Crippen LogP contribution in [0.1, 0.15) is 17.6 Å². The second-order valence-corrected chi connectivity index (χ2v) is 6.60.